The molecule has 1 saturated carbocycles. The molecule has 1 aromatic carbocycles. The van der Waals surface area contributed by atoms with Crippen LogP contribution in [0.4, 0.5) is 0 Å². The molecule has 0 spiro atoms. The van der Waals surface area contributed by atoms with E-state index in [4.69, 9.17) is 21.4 Å². The molecule has 0 amide bonds. The van der Waals surface area contributed by atoms with E-state index < -0.39 is 18.2 Å². The first kappa shape index (κ1) is 25.4. The average molecular weight is 453 g/mol. The van der Waals surface area contributed by atoms with Crippen molar-refractivity contribution < 1.29 is 30.0 Å². The number of halogens is 1. The Labute approximate surface area is 188 Å². The smallest absolute Gasteiger partial charge is 0.303 e. The summed E-state index contributed by atoms with van der Waals surface area (Å²) in [6.45, 7) is 0.294. The van der Waals surface area contributed by atoms with E-state index in [0.29, 0.717) is 44.3 Å². The molecular formula is C24H33ClO6. The summed E-state index contributed by atoms with van der Waals surface area (Å²) in [5.41, 5.74) is 1.55. The number of allylic oxidation sites excluding steroid dienone is 2. The summed E-state index contributed by atoms with van der Waals surface area (Å²) in [6, 6.07) is 5.17. The van der Waals surface area contributed by atoms with Crippen LogP contribution in [0.25, 0.3) is 0 Å². The number of hydrogen-bond acceptors (Lipinski definition) is 5. The van der Waals surface area contributed by atoms with Crippen molar-refractivity contribution in [2.75, 3.05) is 7.11 Å². The zero-order chi connectivity index (χ0) is 22.8. The molecule has 0 heterocycles. The van der Waals surface area contributed by atoms with E-state index in [9.17, 15) is 20.1 Å². The Morgan fingerprint density at radius 1 is 1.35 bits per heavy atom. The molecule has 0 saturated heterocycles. The Kier molecular flexibility index (Phi) is 10.5. The van der Waals surface area contributed by atoms with Gasteiger partial charge in [0.25, 0.3) is 0 Å². The predicted molar refractivity (Wildman–Crippen MR) is 120 cm³/mol. The molecule has 172 valence electrons. The third-order valence-electron chi connectivity index (χ3n) is 5.65. The Balaban J connectivity index is 1.92. The third-order valence-corrected chi connectivity index (χ3v) is 6.15. The molecular weight excluding hydrogens is 420 g/mol. The molecule has 1 aliphatic rings. The molecule has 2 rings (SSSR count). The molecule has 31 heavy (non-hydrogen) atoms. The van der Waals surface area contributed by atoms with Gasteiger partial charge < -0.3 is 25.2 Å². The van der Waals surface area contributed by atoms with Gasteiger partial charge in [0.2, 0.25) is 0 Å². The largest absolute Gasteiger partial charge is 0.508 e. The highest BCUT2D eigenvalue weighted by Crippen LogP contribution is 2.39. The van der Waals surface area contributed by atoms with Gasteiger partial charge in [0, 0.05) is 36.8 Å². The SMILES string of the molecule is COCc1cc(CC(O)C=C[C@@H]2[C@@H](CC=CCCCC(=O)O)[C@H](Cl)C[C@H]2O)ccc1O. The molecule has 0 radical (unpaired) electrons. The van der Waals surface area contributed by atoms with Gasteiger partial charge in [-0.3, -0.25) is 4.79 Å². The topological polar surface area (TPSA) is 107 Å². The van der Waals surface area contributed by atoms with Crippen molar-refractivity contribution in [2.24, 2.45) is 11.8 Å². The number of aliphatic hydroxyl groups excluding tert-OH is 2. The fraction of sp³-hybridized carbons (Fsp3) is 0.542. The fourth-order valence-corrected chi connectivity index (χ4v) is 4.46. The molecule has 1 fully saturated rings. The van der Waals surface area contributed by atoms with E-state index in [0.717, 1.165) is 5.56 Å². The number of phenols is 1. The van der Waals surface area contributed by atoms with Gasteiger partial charge in [-0.2, -0.15) is 0 Å². The standard InChI is InChI=1S/C24H33ClO6/c1-31-15-17-12-16(8-11-22(17)27)13-18(26)9-10-20-19(21(25)14-23(20)28)6-4-2-3-5-7-24(29)30/h2,4,8-12,18-21,23,26-28H,3,5-7,13-15H2,1H3,(H,29,30)/t18?,19-,20-,21-,23-/m1/s1. The van der Waals surface area contributed by atoms with Gasteiger partial charge >= 0.3 is 5.97 Å². The monoisotopic (exact) mass is 452 g/mol. The number of hydrogen-bond donors (Lipinski definition) is 4. The Bertz CT molecular complexity index is 762. The Hall–Kier alpha value is -1.86. The summed E-state index contributed by atoms with van der Waals surface area (Å²) >= 11 is 6.45. The van der Waals surface area contributed by atoms with Crippen LogP contribution >= 0.6 is 11.6 Å². The van der Waals surface area contributed by atoms with Crippen molar-refractivity contribution >= 4 is 17.6 Å². The lowest BCUT2D eigenvalue weighted by Gasteiger charge is -2.19. The molecule has 4 N–H and O–H groups in total. The zero-order valence-electron chi connectivity index (χ0n) is 17.9. The van der Waals surface area contributed by atoms with E-state index in [1.54, 1.807) is 25.3 Å². The minimum Gasteiger partial charge on any atom is -0.508 e. The van der Waals surface area contributed by atoms with Crippen molar-refractivity contribution in [3.63, 3.8) is 0 Å². The second kappa shape index (κ2) is 12.9. The first-order chi connectivity index (χ1) is 14.8. The van der Waals surface area contributed by atoms with Gasteiger partial charge in [0.1, 0.15) is 5.75 Å². The summed E-state index contributed by atoms with van der Waals surface area (Å²) in [5.74, 6) is -0.724. The van der Waals surface area contributed by atoms with Crippen LogP contribution in [0.2, 0.25) is 0 Å². The number of carbonyl (C=O) groups is 1. The summed E-state index contributed by atoms with van der Waals surface area (Å²) in [4.78, 5) is 10.6. The Morgan fingerprint density at radius 2 is 2.13 bits per heavy atom. The van der Waals surface area contributed by atoms with Crippen molar-refractivity contribution in [1.82, 2.24) is 0 Å². The molecule has 0 bridgehead atoms. The second-order valence-corrected chi connectivity index (χ2v) is 8.67. The van der Waals surface area contributed by atoms with Gasteiger partial charge in [0.15, 0.2) is 0 Å². The summed E-state index contributed by atoms with van der Waals surface area (Å²) in [7, 11) is 1.56. The molecule has 6 nitrogen and oxygen atoms in total. The highest BCUT2D eigenvalue weighted by molar-refractivity contribution is 6.21. The molecule has 1 aromatic rings. The molecule has 1 aliphatic carbocycles. The zero-order valence-corrected chi connectivity index (χ0v) is 18.6. The number of ether oxygens (including phenoxy) is 1. The van der Waals surface area contributed by atoms with Crippen LogP contribution < -0.4 is 0 Å². The molecule has 1 unspecified atom stereocenters. The lowest BCUT2D eigenvalue weighted by Crippen LogP contribution is -2.19. The maximum atomic E-state index is 10.6. The van der Waals surface area contributed by atoms with Crippen LogP contribution in [-0.4, -0.2) is 51.1 Å². The number of carboxylic acid groups (broad SMARTS) is 1. The lowest BCUT2D eigenvalue weighted by atomic mass is 9.90. The minimum absolute atomic E-state index is 0.0535. The van der Waals surface area contributed by atoms with Gasteiger partial charge in [0.05, 0.1) is 18.8 Å². The van der Waals surface area contributed by atoms with Gasteiger partial charge in [-0.25, -0.2) is 0 Å². The fourth-order valence-electron chi connectivity index (χ4n) is 4.01. The number of alkyl halides is 1. The van der Waals surface area contributed by atoms with Crippen LogP contribution in [0.5, 0.6) is 5.75 Å². The van der Waals surface area contributed by atoms with Crippen LogP contribution in [0, 0.1) is 11.8 Å². The van der Waals surface area contributed by atoms with Crippen molar-refractivity contribution in [1.29, 1.82) is 0 Å². The first-order valence-corrected chi connectivity index (χ1v) is 11.1. The normalized spacial score (nSPS) is 24.9. The number of methoxy groups -OCH3 is 1. The number of aliphatic carboxylic acids is 1. The van der Waals surface area contributed by atoms with E-state index in [1.165, 1.54) is 0 Å². The van der Waals surface area contributed by atoms with Gasteiger partial charge in [-0.15, -0.1) is 11.6 Å². The van der Waals surface area contributed by atoms with E-state index in [2.05, 4.69) is 0 Å². The van der Waals surface area contributed by atoms with Crippen LogP contribution in [0.1, 0.15) is 43.2 Å². The summed E-state index contributed by atoms with van der Waals surface area (Å²) in [6.07, 6.45) is 9.29. The molecule has 7 heteroatoms. The van der Waals surface area contributed by atoms with Gasteiger partial charge in [-0.05, 0) is 49.3 Å². The summed E-state index contributed by atoms with van der Waals surface area (Å²) < 4.78 is 5.07. The predicted octanol–water partition coefficient (Wildman–Crippen LogP) is 3.80. The van der Waals surface area contributed by atoms with Crippen LogP contribution in [-0.2, 0) is 22.6 Å². The minimum atomic E-state index is -0.792. The number of phenolic OH excluding ortho intramolecular Hbond substituents is 1. The molecule has 0 aromatic heterocycles. The number of aliphatic hydroxyl groups is 2. The number of rotatable bonds is 12. The lowest BCUT2D eigenvalue weighted by molar-refractivity contribution is -0.137. The highest BCUT2D eigenvalue weighted by Gasteiger charge is 2.39. The quantitative estimate of drug-likeness (QED) is 0.218. The average Bonchev–Trinajstić information content (AvgIpc) is 2.98. The van der Waals surface area contributed by atoms with E-state index in [1.807, 2.05) is 24.3 Å². The maximum absolute atomic E-state index is 10.6. The number of aromatic hydroxyl groups is 1. The van der Waals surface area contributed by atoms with Crippen LogP contribution in [0.15, 0.2) is 42.5 Å². The number of carboxylic acids is 1. The molecule has 5 atom stereocenters. The third kappa shape index (κ3) is 8.30. The van der Waals surface area contributed by atoms with E-state index in [-0.39, 0.29) is 29.4 Å². The van der Waals surface area contributed by atoms with Crippen molar-refractivity contribution in [3.05, 3.63) is 53.6 Å². The van der Waals surface area contributed by atoms with Crippen LogP contribution in [0.3, 0.4) is 0 Å². The van der Waals surface area contributed by atoms with E-state index >= 15 is 0 Å². The molecule has 0 aliphatic heterocycles. The number of unbranched alkanes of at least 4 members (excludes halogenated alkanes) is 1. The van der Waals surface area contributed by atoms with Crippen molar-refractivity contribution in [3.8, 4) is 5.75 Å². The number of benzene rings is 1. The first-order valence-electron chi connectivity index (χ1n) is 10.7. The highest BCUT2D eigenvalue weighted by atomic mass is 35.5. The summed E-state index contributed by atoms with van der Waals surface area (Å²) in [5, 5.41) is 39.2. The van der Waals surface area contributed by atoms with Crippen molar-refractivity contribution in [2.45, 2.75) is 62.7 Å². The Morgan fingerprint density at radius 3 is 2.84 bits per heavy atom. The van der Waals surface area contributed by atoms with Gasteiger partial charge in [-0.1, -0.05) is 30.4 Å². The maximum Gasteiger partial charge on any atom is 0.303 e. The second-order valence-electron chi connectivity index (χ2n) is 8.11.